The maximum atomic E-state index is 13.1. The Morgan fingerprint density at radius 3 is 2.27 bits per heavy atom. The summed E-state index contributed by atoms with van der Waals surface area (Å²) >= 11 is 11.3. The van der Waals surface area contributed by atoms with Gasteiger partial charge >= 0.3 is 0 Å². The number of carbonyl (C=O) groups excluding carboxylic acids is 1. The number of carbonyl (C=O) groups is 1. The van der Waals surface area contributed by atoms with Crippen LogP contribution in [0.15, 0.2) is 24.3 Å². The molecule has 0 heterocycles. The molecule has 0 aliphatic heterocycles. The molecule has 3 unspecified atom stereocenters. The first kappa shape index (κ1) is 17.0. The molecule has 3 fully saturated rings. The van der Waals surface area contributed by atoms with Crippen molar-refractivity contribution >= 4 is 59.4 Å². The molecule has 4 rings (SSSR count). The standard InChI is InChI=1S/C17H20Br3NO/c1-10-4-6-11(7-5-10)21-14(22)17-9-8-16(12(17)18,13(19)20)15(17,2)3/h4-7,12-13H,8-9H2,1-3H3,(H,21,22). The molecule has 1 aromatic rings. The van der Waals surface area contributed by atoms with Gasteiger partial charge in [0.1, 0.15) is 0 Å². The van der Waals surface area contributed by atoms with Gasteiger partial charge in [0.25, 0.3) is 0 Å². The summed E-state index contributed by atoms with van der Waals surface area (Å²) in [5.74, 6) is 0.136. The summed E-state index contributed by atoms with van der Waals surface area (Å²) in [6.45, 7) is 6.50. The zero-order chi connectivity index (χ0) is 16.3. The number of benzene rings is 1. The molecule has 22 heavy (non-hydrogen) atoms. The molecule has 3 saturated carbocycles. The Bertz CT molecular complexity index is 613. The molecule has 2 bridgehead atoms. The van der Waals surface area contributed by atoms with Gasteiger partial charge in [-0.1, -0.05) is 79.3 Å². The molecule has 120 valence electrons. The van der Waals surface area contributed by atoms with E-state index in [9.17, 15) is 4.79 Å². The SMILES string of the molecule is Cc1ccc(NC(=O)C23CCC(C(Br)Br)(C2Br)C3(C)C)cc1. The van der Waals surface area contributed by atoms with Gasteiger partial charge in [-0.15, -0.1) is 0 Å². The third-order valence-electron chi connectivity index (χ3n) is 6.20. The molecule has 0 saturated heterocycles. The van der Waals surface area contributed by atoms with E-state index in [1.54, 1.807) is 0 Å². The fourth-order valence-corrected chi connectivity index (χ4v) is 9.49. The van der Waals surface area contributed by atoms with E-state index < -0.39 is 0 Å². The Balaban J connectivity index is 1.89. The van der Waals surface area contributed by atoms with Crippen LogP contribution in [0.3, 0.4) is 0 Å². The van der Waals surface area contributed by atoms with E-state index >= 15 is 0 Å². The van der Waals surface area contributed by atoms with Crippen molar-refractivity contribution in [1.29, 1.82) is 0 Å². The lowest BCUT2D eigenvalue weighted by Crippen LogP contribution is -2.71. The van der Waals surface area contributed by atoms with Gasteiger partial charge in [-0.25, -0.2) is 0 Å². The highest BCUT2D eigenvalue weighted by Crippen LogP contribution is 2.82. The van der Waals surface area contributed by atoms with E-state index in [4.69, 9.17) is 0 Å². The number of amides is 1. The lowest BCUT2D eigenvalue weighted by atomic mass is 9.43. The van der Waals surface area contributed by atoms with Crippen molar-refractivity contribution in [3.63, 3.8) is 0 Å². The molecule has 1 N–H and O–H groups in total. The second-order valence-corrected chi connectivity index (χ2v) is 11.1. The first-order valence-electron chi connectivity index (χ1n) is 7.50. The number of aryl methyl sites for hydroxylation is 1. The zero-order valence-electron chi connectivity index (χ0n) is 12.9. The highest BCUT2D eigenvalue weighted by molar-refractivity contribution is 9.24. The number of hydrogen-bond acceptors (Lipinski definition) is 1. The molecule has 2 nitrogen and oxygen atoms in total. The average molecular weight is 494 g/mol. The van der Waals surface area contributed by atoms with Crippen molar-refractivity contribution in [1.82, 2.24) is 0 Å². The number of rotatable bonds is 3. The first-order valence-corrected chi connectivity index (χ1v) is 10.3. The highest BCUT2D eigenvalue weighted by Gasteiger charge is 2.83. The van der Waals surface area contributed by atoms with Crippen molar-refractivity contribution in [2.24, 2.45) is 16.2 Å². The molecule has 3 atom stereocenters. The number of hydrogen-bond donors (Lipinski definition) is 1. The van der Waals surface area contributed by atoms with E-state index in [0.717, 1.165) is 18.5 Å². The molecule has 3 aliphatic rings. The van der Waals surface area contributed by atoms with E-state index in [0.29, 0.717) is 0 Å². The predicted octanol–water partition coefficient (Wildman–Crippen LogP) is 5.62. The normalized spacial score (nSPS) is 35.3. The topological polar surface area (TPSA) is 29.1 Å². The smallest absolute Gasteiger partial charge is 0.232 e. The van der Waals surface area contributed by atoms with Gasteiger partial charge in [-0.05, 0) is 37.3 Å². The molecule has 3 aliphatic carbocycles. The van der Waals surface area contributed by atoms with E-state index in [1.165, 1.54) is 5.56 Å². The van der Waals surface area contributed by atoms with Crippen molar-refractivity contribution in [3.8, 4) is 0 Å². The molecule has 0 aromatic heterocycles. The van der Waals surface area contributed by atoms with E-state index in [2.05, 4.69) is 67.0 Å². The Kier molecular flexibility index (Phi) is 4.10. The third kappa shape index (κ3) is 1.85. The summed E-state index contributed by atoms with van der Waals surface area (Å²) in [5.41, 5.74) is 1.72. The molecular formula is C17H20Br3NO. The summed E-state index contributed by atoms with van der Waals surface area (Å²) in [7, 11) is 0. The van der Waals surface area contributed by atoms with Crippen LogP contribution >= 0.6 is 47.8 Å². The van der Waals surface area contributed by atoms with Gasteiger partial charge < -0.3 is 5.32 Å². The minimum Gasteiger partial charge on any atom is -0.326 e. The number of nitrogens with one attached hydrogen (secondary N) is 1. The fraction of sp³-hybridized carbons (Fsp3) is 0.588. The van der Waals surface area contributed by atoms with Gasteiger partial charge in [0, 0.05) is 15.9 Å². The maximum Gasteiger partial charge on any atom is 0.232 e. The Morgan fingerprint density at radius 2 is 1.82 bits per heavy atom. The minimum absolute atomic E-state index is 0.0671. The first-order chi connectivity index (χ1) is 10.2. The number of anilines is 1. The van der Waals surface area contributed by atoms with Crippen LogP contribution in [-0.4, -0.2) is 14.5 Å². The Morgan fingerprint density at radius 1 is 1.23 bits per heavy atom. The molecule has 1 amide bonds. The van der Waals surface area contributed by atoms with Gasteiger partial charge in [0.2, 0.25) is 5.91 Å². The average Bonchev–Trinajstić information content (AvgIpc) is 2.91. The molecule has 5 heteroatoms. The van der Waals surface area contributed by atoms with Crippen molar-refractivity contribution in [2.45, 2.75) is 42.2 Å². The molecular weight excluding hydrogens is 474 g/mol. The highest BCUT2D eigenvalue weighted by atomic mass is 79.9. The summed E-state index contributed by atoms with van der Waals surface area (Å²) in [4.78, 5) is 13.3. The van der Waals surface area contributed by atoms with Crippen molar-refractivity contribution in [2.75, 3.05) is 5.32 Å². The summed E-state index contributed by atoms with van der Waals surface area (Å²) in [6.07, 6.45) is 1.96. The van der Waals surface area contributed by atoms with Crippen LogP contribution in [0.5, 0.6) is 0 Å². The molecule has 0 spiro atoms. The van der Waals surface area contributed by atoms with E-state index in [-0.39, 0.29) is 30.7 Å². The maximum absolute atomic E-state index is 13.1. The number of halogens is 3. The predicted molar refractivity (Wildman–Crippen MR) is 102 cm³/mol. The minimum atomic E-state index is -0.350. The number of alkyl halides is 3. The van der Waals surface area contributed by atoms with Crippen LogP contribution in [0.4, 0.5) is 5.69 Å². The summed E-state index contributed by atoms with van der Waals surface area (Å²) < 4.78 is 0.203. The van der Waals surface area contributed by atoms with Crippen LogP contribution in [-0.2, 0) is 4.79 Å². The summed E-state index contributed by atoms with van der Waals surface area (Å²) in [6, 6.07) is 7.99. The van der Waals surface area contributed by atoms with Crippen molar-refractivity contribution in [3.05, 3.63) is 29.8 Å². The van der Waals surface area contributed by atoms with Crippen LogP contribution < -0.4 is 5.32 Å². The third-order valence-corrected chi connectivity index (χ3v) is 9.43. The Hall–Kier alpha value is 0.130. The van der Waals surface area contributed by atoms with E-state index in [1.807, 2.05) is 31.2 Å². The fourth-order valence-electron chi connectivity index (χ4n) is 4.58. The van der Waals surface area contributed by atoms with Gasteiger partial charge in [0.05, 0.1) is 9.15 Å². The Labute approximate surface area is 157 Å². The lowest BCUT2D eigenvalue weighted by Gasteiger charge is -2.66. The zero-order valence-corrected chi connectivity index (χ0v) is 17.7. The van der Waals surface area contributed by atoms with Crippen LogP contribution in [0, 0.1) is 23.2 Å². The van der Waals surface area contributed by atoms with Crippen LogP contribution in [0.2, 0.25) is 0 Å². The lowest BCUT2D eigenvalue weighted by molar-refractivity contribution is -0.155. The largest absolute Gasteiger partial charge is 0.326 e. The monoisotopic (exact) mass is 491 g/mol. The quantitative estimate of drug-likeness (QED) is 0.544. The van der Waals surface area contributed by atoms with Gasteiger partial charge in [0.15, 0.2) is 0 Å². The van der Waals surface area contributed by atoms with Crippen molar-refractivity contribution < 1.29 is 4.79 Å². The molecule has 0 radical (unpaired) electrons. The summed E-state index contributed by atoms with van der Waals surface area (Å²) in [5, 5.41) is 3.13. The van der Waals surface area contributed by atoms with Gasteiger partial charge in [-0.3, -0.25) is 4.79 Å². The second-order valence-electron chi connectivity index (χ2n) is 7.12. The molecule has 1 aromatic carbocycles. The van der Waals surface area contributed by atoms with Crippen LogP contribution in [0.25, 0.3) is 0 Å². The number of fused-ring (bicyclic) bond motifs is 1. The second kappa shape index (κ2) is 5.32. The van der Waals surface area contributed by atoms with Crippen LogP contribution in [0.1, 0.15) is 32.3 Å². The van der Waals surface area contributed by atoms with Gasteiger partial charge in [-0.2, -0.15) is 0 Å².